The van der Waals surface area contributed by atoms with E-state index in [0.29, 0.717) is 0 Å². The van der Waals surface area contributed by atoms with Crippen molar-refractivity contribution in [2.75, 3.05) is 0 Å². The van der Waals surface area contributed by atoms with Gasteiger partial charge in [0.15, 0.2) is 0 Å². The van der Waals surface area contributed by atoms with Gasteiger partial charge in [-0.1, -0.05) is 0 Å². The first-order valence-electron chi connectivity index (χ1n) is 0. The van der Waals surface area contributed by atoms with Gasteiger partial charge in [-0.25, -0.2) is 0 Å². The topological polar surface area (TPSA) is 0 Å². The van der Waals surface area contributed by atoms with Gasteiger partial charge in [-0.2, -0.15) is 0 Å². The summed E-state index contributed by atoms with van der Waals surface area (Å²) in [6.07, 6.45) is 0. The van der Waals surface area contributed by atoms with E-state index in [4.69, 9.17) is 0 Å². The first-order valence-corrected chi connectivity index (χ1v) is 0. The Morgan fingerprint density at radius 3 is 1.20 bits per heavy atom. The summed E-state index contributed by atoms with van der Waals surface area (Å²) in [4.78, 5) is 0. The first kappa shape index (κ1) is 44.9. The fourth-order valence-electron chi connectivity index (χ4n) is 0. The molecule has 0 aromatic heterocycles. The quantitative estimate of drug-likeness (QED) is 0.370. The minimum Gasteiger partial charge on any atom is -1.00 e. The molecule has 0 heterocycles. The van der Waals surface area contributed by atoms with Crippen LogP contribution in [0.1, 0.15) is 4.28 Å². The average molecular weight is 207 g/mol. The molecule has 0 spiro atoms. The molecule has 0 aliphatic rings. The van der Waals surface area contributed by atoms with Gasteiger partial charge in [0.05, 0.1) is 0 Å². The van der Waals surface area contributed by atoms with Crippen LogP contribution < -0.4 is 18.9 Å². The van der Waals surface area contributed by atoms with Crippen LogP contribution in [0, 0.1) is 0 Å². The molecule has 0 fully saturated rings. The zero-order valence-corrected chi connectivity index (χ0v) is 7.36. The van der Waals surface area contributed by atoms with E-state index < -0.39 is 0 Å². The van der Waals surface area contributed by atoms with Crippen LogP contribution in [0.5, 0.6) is 0 Å². The summed E-state index contributed by atoms with van der Waals surface area (Å²) in [6.45, 7) is 0. The van der Waals surface area contributed by atoms with Crippen molar-refractivity contribution in [3.05, 3.63) is 0 Å². The minimum atomic E-state index is 0. The monoisotopic (exact) mass is 206 g/mol. The molecule has 0 aliphatic heterocycles. The van der Waals surface area contributed by atoms with Crippen LogP contribution in [0.2, 0.25) is 0 Å². The van der Waals surface area contributed by atoms with Gasteiger partial charge < -0.3 is 4.28 Å². The van der Waals surface area contributed by atoms with Crippen molar-refractivity contribution in [2.45, 2.75) is 0 Å². The molecule has 5 heteroatoms. The molecule has 0 unspecified atom stereocenters. The van der Waals surface area contributed by atoms with E-state index in [9.17, 15) is 0 Å². The van der Waals surface area contributed by atoms with Crippen LogP contribution in [0.4, 0.5) is 0 Å². The maximum atomic E-state index is 0. The van der Waals surface area contributed by atoms with Crippen molar-refractivity contribution in [1.82, 2.24) is 0 Å². The predicted octanol–water partition coefficient (Wildman–Crippen LogP) is -3.05. The standard InChI is InChI=1S/Co.Li.Mg.Mn.Ni.3H/q;+1;+2;;;3*-1. The van der Waals surface area contributed by atoms with Crippen LogP contribution in [0.25, 0.3) is 0 Å². The van der Waals surface area contributed by atoms with E-state index in [2.05, 4.69) is 0 Å². The summed E-state index contributed by atoms with van der Waals surface area (Å²) < 4.78 is 0. The van der Waals surface area contributed by atoms with Crippen LogP contribution >= 0.6 is 0 Å². The zero-order valence-electron chi connectivity index (χ0n) is 5.73. The third-order valence-corrected chi connectivity index (χ3v) is 0. The average Bonchev–Trinajstić information content (AvgIpc) is 0. The van der Waals surface area contributed by atoms with Gasteiger partial charge in [0.25, 0.3) is 0 Å². The van der Waals surface area contributed by atoms with Crippen molar-refractivity contribution < 1.29 is 73.5 Å². The van der Waals surface area contributed by atoms with E-state index in [-0.39, 0.29) is 96.5 Å². The SMILES string of the molecule is [Co].[H-].[H-].[H-].[Li+].[Mg+2].[Mn].[Ni]. The summed E-state index contributed by atoms with van der Waals surface area (Å²) in [7, 11) is 0. The maximum absolute atomic E-state index is 0. The van der Waals surface area contributed by atoms with E-state index in [1.54, 1.807) is 0 Å². The summed E-state index contributed by atoms with van der Waals surface area (Å²) in [5, 5.41) is 0. The van der Waals surface area contributed by atoms with E-state index >= 15 is 0 Å². The number of hydrogen-bond acceptors (Lipinski definition) is 0. The number of rotatable bonds is 0. The van der Waals surface area contributed by atoms with E-state index in [1.807, 2.05) is 0 Å². The van der Waals surface area contributed by atoms with Crippen molar-refractivity contribution in [3.8, 4) is 0 Å². The molecule has 0 amide bonds. The van der Waals surface area contributed by atoms with Crippen LogP contribution in [0.15, 0.2) is 0 Å². The van der Waals surface area contributed by atoms with E-state index in [0.717, 1.165) is 0 Å². The fraction of sp³-hybridized carbons (Fsp3) is 0. The van der Waals surface area contributed by atoms with Crippen molar-refractivity contribution in [1.29, 1.82) is 0 Å². The van der Waals surface area contributed by atoms with E-state index in [1.165, 1.54) is 0 Å². The molecular formula is H3CoLiMgMnNi. The molecular weight excluding hydrogens is 204 g/mol. The van der Waals surface area contributed by atoms with Crippen molar-refractivity contribution >= 4 is 23.1 Å². The Morgan fingerprint density at radius 1 is 1.20 bits per heavy atom. The molecule has 0 saturated carbocycles. The van der Waals surface area contributed by atoms with Crippen LogP contribution in [0.3, 0.4) is 0 Å². The largest absolute Gasteiger partial charge is 2.00 e. The molecule has 2 radical (unpaired) electrons. The van der Waals surface area contributed by atoms with Gasteiger partial charge >= 0.3 is 41.9 Å². The Kier molecular flexibility index (Phi) is 258. The summed E-state index contributed by atoms with van der Waals surface area (Å²) >= 11 is 0. The normalized spacial score (nSPS) is 0. The Balaban J connectivity index is 0. The third-order valence-electron chi connectivity index (χ3n) is 0. The van der Waals surface area contributed by atoms with Gasteiger partial charge in [0, 0.05) is 50.3 Å². The van der Waals surface area contributed by atoms with Gasteiger partial charge in [0.1, 0.15) is 0 Å². The molecule has 0 aliphatic carbocycles. The smallest absolute Gasteiger partial charge is 1.00 e. The molecule has 0 N–H and O–H groups in total. The van der Waals surface area contributed by atoms with Gasteiger partial charge in [-0.15, -0.1) is 0 Å². The molecule has 0 atom stereocenters. The maximum Gasteiger partial charge on any atom is 2.00 e. The van der Waals surface area contributed by atoms with Crippen LogP contribution in [-0.4, -0.2) is 23.1 Å². The second-order valence-electron chi connectivity index (χ2n) is 0. The Morgan fingerprint density at radius 2 is 1.20 bits per heavy atom. The summed E-state index contributed by atoms with van der Waals surface area (Å²) in [6, 6.07) is 0. The molecule has 0 rings (SSSR count). The van der Waals surface area contributed by atoms with Crippen LogP contribution in [-0.2, 0) is 50.3 Å². The zero-order chi connectivity index (χ0) is 0. The second kappa shape index (κ2) is 28.7. The second-order valence-corrected chi connectivity index (χ2v) is 0. The molecule has 0 saturated heterocycles. The fourth-order valence-corrected chi connectivity index (χ4v) is 0. The molecule has 0 aromatic rings. The predicted molar refractivity (Wildman–Crippen MR) is 9.09 cm³/mol. The van der Waals surface area contributed by atoms with Gasteiger partial charge in [-0.05, 0) is 0 Å². The Labute approximate surface area is 95.4 Å². The molecule has 32 valence electrons. The number of hydrogen-bond donors (Lipinski definition) is 0. The summed E-state index contributed by atoms with van der Waals surface area (Å²) in [5.74, 6) is 0. The minimum absolute atomic E-state index is 0. The molecule has 5 heavy (non-hydrogen) atoms. The van der Waals surface area contributed by atoms with Gasteiger partial charge in [0.2, 0.25) is 0 Å². The Bertz CT molecular complexity index is 19.2. The molecule has 0 bridgehead atoms. The molecule has 0 aromatic carbocycles. The van der Waals surface area contributed by atoms with Crippen molar-refractivity contribution in [3.63, 3.8) is 0 Å². The first-order chi connectivity index (χ1) is 0. The van der Waals surface area contributed by atoms with Gasteiger partial charge in [-0.3, -0.25) is 0 Å². The summed E-state index contributed by atoms with van der Waals surface area (Å²) in [5.41, 5.74) is 0. The third kappa shape index (κ3) is 19.7. The van der Waals surface area contributed by atoms with Crippen molar-refractivity contribution in [2.24, 2.45) is 0 Å². The molecule has 0 nitrogen and oxygen atoms in total. The Hall–Kier alpha value is 2.88.